The molecule has 0 fully saturated rings. The van der Waals surface area contributed by atoms with E-state index in [9.17, 15) is 26.4 Å². The normalized spacial score (nSPS) is 12.0. The van der Waals surface area contributed by atoms with Gasteiger partial charge in [-0.1, -0.05) is 12.1 Å². The topological polar surface area (TPSA) is 114 Å². The molecule has 12 heteroatoms. The van der Waals surface area contributed by atoms with Gasteiger partial charge in [-0.15, -0.1) is 0 Å². The maximum absolute atomic E-state index is 13.0. The first-order chi connectivity index (χ1) is 16.1. The minimum absolute atomic E-state index is 0.117. The molecule has 2 aromatic heterocycles. The van der Waals surface area contributed by atoms with E-state index in [4.69, 9.17) is 4.74 Å². The standard InChI is InChI=1S/C22H17F3N4O4S/c1-33-18-9-16(22(23,24)25)4-7-19(18)34(31,32)17-5-2-13(3-6-17)10-27-21(30)15-8-14-12-28-29-20(14)26-11-15/h2-9,11-12H,10H2,1H3,(H,27,30)(H,26,28,29). The van der Waals surface area contributed by atoms with Gasteiger partial charge in [-0.3, -0.25) is 9.89 Å². The molecule has 8 nitrogen and oxygen atoms in total. The van der Waals surface area contributed by atoms with Gasteiger partial charge in [0.15, 0.2) is 5.65 Å². The van der Waals surface area contributed by atoms with E-state index in [2.05, 4.69) is 20.5 Å². The van der Waals surface area contributed by atoms with Gasteiger partial charge < -0.3 is 10.1 Å². The zero-order chi connectivity index (χ0) is 24.5. The number of ether oxygens (including phenoxy) is 1. The van der Waals surface area contributed by atoms with Gasteiger partial charge >= 0.3 is 6.18 Å². The third kappa shape index (κ3) is 4.57. The second-order valence-electron chi connectivity index (χ2n) is 7.23. The Labute approximate surface area is 191 Å². The van der Waals surface area contributed by atoms with Crippen molar-refractivity contribution < 1.29 is 31.1 Å². The summed E-state index contributed by atoms with van der Waals surface area (Å²) in [5, 5.41) is 9.93. The number of benzene rings is 2. The molecule has 4 rings (SSSR count). The van der Waals surface area contributed by atoms with E-state index in [1.54, 1.807) is 12.3 Å². The highest BCUT2D eigenvalue weighted by atomic mass is 32.2. The molecule has 0 bridgehead atoms. The second-order valence-corrected chi connectivity index (χ2v) is 9.14. The average molecular weight is 490 g/mol. The van der Waals surface area contributed by atoms with Gasteiger partial charge in [0.1, 0.15) is 10.6 Å². The van der Waals surface area contributed by atoms with Crippen molar-refractivity contribution in [3.05, 3.63) is 77.6 Å². The molecular formula is C22H17F3N4O4S. The van der Waals surface area contributed by atoms with Gasteiger partial charge in [-0.25, -0.2) is 13.4 Å². The van der Waals surface area contributed by atoms with Gasteiger partial charge in [0.05, 0.1) is 29.3 Å². The van der Waals surface area contributed by atoms with Crippen molar-refractivity contribution in [2.24, 2.45) is 0 Å². The first-order valence-electron chi connectivity index (χ1n) is 9.76. The van der Waals surface area contributed by atoms with E-state index in [-0.39, 0.29) is 22.2 Å². The van der Waals surface area contributed by atoms with Crippen molar-refractivity contribution >= 4 is 26.8 Å². The van der Waals surface area contributed by atoms with Crippen molar-refractivity contribution in [1.29, 1.82) is 0 Å². The SMILES string of the molecule is COc1cc(C(F)(F)F)ccc1S(=O)(=O)c1ccc(CNC(=O)c2cnc3[nH]ncc3c2)cc1. The number of aromatic amines is 1. The van der Waals surface area contributed by atoms with Crippen molar-refractivity contribution in [3.63, 3.8) is 0 Å². The summed E-state index contributed by atoms with van der Waals surface area (Å²) < 4.78 is 69.7. The first kappa shape index (κ1) is 23.2. The fourth-order valence-electron chi connectivity index (χ4n) is 3.22. The minimum Gasteiger partial charge on any atom is -0.495 e. The largest absolute Gasteiger partial charge is 0.495 e. The second kappa shape index (κ2) is 8.78. The highest BCUT2D eigenvalue weighted by Crippen LogP contribution is 2.36. The lowest BCUT2D eigenvalue weighted by atomic mass is 10.2. The average Bonchev–Trinajstić information content (AvgIpc) is 3.29. The van der Waals surface area contributed by atoms with E-state index in [0.29, 0.717) is 34.3 Å². The molecule has 2 aromatic carbocycles. The van der Waals surface area contributed by atoms with Crippen LogP contribution in [0.15, 0.2) is 70.7 Å². The lowest BCUT2D eigenvalue weighted by Gasteiger charge is -2.13. The number of sulfone groups is 1. The number of hydrogen-bond donors (Lipinski definition) is 2. The number of halogens is 3. The number of aromatic nitrogens is 3. The number of methoxy groups -OCH3 is 1. The summed E-state index contributed by atoms with van der Waals surface area (Å²) in [6, 6.07) is 9.47. The van der Waals surface area contributed by atoms with Crippen LogP contribution in [-0.2, 0) is 22.6 Å². The summed E-state index contributed by atoms with van der Waals surface area (Å²) in [5.41, 5.74) is 0.487. The molecule has 2 heterocycles. The third-order valence-electron chi connectivity index (χ3n) is 5.02. The van der Waals surface area contributed by atoms with E-state index in [0.717, 1.165) is 13.2 Å². The molecule has 0 atom stereocenters. The number of amides is 1. The Morgan fingerprint density at radius 3 is 2.50 bits per heavy atom. The fourth-order valence-corrected chi connectivity index (χ4v) is 4.63. The molecule has 0 spiro atoms. The quantitative estimate of drug-likeness (QED) is 0.426. The van der Waals surface area contributed by atoms with Crippen LogP contribution in [0.4, 0.5) is 13.2 Å². The molecule has 0 saturated heterocycles. The summed E-state index contributed by atoms with van der Waals surface area (Å²) in [7, 11) is -3.05. The molecule has 0 aliphatic carbocycles. The predicted molar refractivity (Wildman–Crippen MR) is 115 cm³/mol. The maximum Gasteiger partial charge on any atom is 0.416 e. The van der Waals surface area contributed by atoms with Crippen LogP contribution in [0, 0.1) is 0 Å². The Morgan fingerprint density at radius 2 is 1.82 bits per heavy atom. The number of H-pyrrole nitrogens is 1. The molecular weight excluding hydrogens is 473 g/mol. The molecule has 0 saturated carbocycles. The first-order valence-corrected chi connectivity index (χ1v) is 11.2. The lowest BCUT2D eigenvalue weighted by molar-refractivity contribution is -0.137. The predicted octanol–water partition coefficient (Wildman–Crippen LogP) is 3.75. The number of carbonyl (C=O) groups excluding carboxylic acids is 1. The minimum atomic E-state index is -4.64. The number of nitrogens with one attached hydrogen (secondary N) is 2. The molecule has 176 valence electrons. The number of alkyl halides is 3. The van der Waals surface area contributed by atoms with Gasteiger partial charge in [-0.05, 0) is 42.0 Å². The molecule has 0 unspecified atom stereocenters. The zero-order valence-electron chi connectivity index (χ0n) is 17.6. The smallest absolute Gasteiger partial charge is 0.416 e. The van der Waals surface area contributed by atoms with Crippen LogP contribution in [0.1, 0.15) is 21.5 Å². The van der Waals surface area contributed by atoms with E-state index in [1.807, 2.05) is 0 Å². The van der Waals surface area contributed by atoms with Gasteiger partial charge in [0.25, 0.3) is 5.91 Å². The van der Waals surface area contributed by atoms with Crippen LogP contribution in [0.5, 0.6) is 5.75 Å². The van der Waals surface area contributed by atoms with Crippen LogP contribution < -0.4 is 10.1 Å². The van der Waals surface area contributed by atoms with Crippen molar-refractivity contribution in [3.8, 4) is 5.75 Å². The summed E-state index contributed by atoms with van der Waals surface area (Å²) >= 11 is 0. The maximum atomic E-state index is 13.0. The van der Waals surface area contributed by atoms with Crippen LogP contribution >= 0.6 is 0 Å². The van der Waals surface area contributed by atoms with E-state index >= 15 is 0 Å². The summed E-state index contributed by atoms with van der Waals surface area (Å²) in [6.07, 6.45) is -1.69. The van der Waals surface area contributed by atoms with E-state index < -0.39 is 27.3 Å². The number of pyridine rings is 1. The Morgan fingerprint density at radius 1 is 1.09 bits per heavy atom. The zero-order valence-corrected chi connectivity index (χ0v) is 18.4. The number of rotatable bonds is 6. The highest BCUT2D eigenvalue weighted by molar-refractivity contribution is 7.91. The van der Waals surface area contributed by atoms with Crippen LogP contribution in [0.2, 0.25) is 0 Å². The van der Waals surface area contributed by atoms with Gasteiger partial charge in [0.2, 0.25) is 9.84 Å². The molecule has 1 amide bonds. The van der Waals surface area contributed by atoms with Crippen molar-refractivity contribution in [2.75, 3.05) is 7.11 Å². The van der Waals surface area contributed by atoms with Gasteiger partial charge in [0, 0.05) is 18.1 Å². The van der Waals surface area contributed by atoms with Crippen molar-refractivity contribution in [1.82, 2.24) is 20.5 Å². The molecule has 0 radical (unpaired) electrons. The highest BCUT2D eigenvalue weighted by Gasteiger charge is 2.33. The number of fused-ring (bicyclic) bond motifs is 1. The Hall–Kier alpha value is -3.93. The number of carbonyl (C=O) groups is 1. The summed E-state index contributed by atoms with van der Waals surface area (Å²) in [5.74, 6) is -0.781. The molecule has 2 N–H and O–H groups in total. The third-order valence-corrected chi connectivity index (χ3v) is 6.83. The Bertz CT molecular complexity index is 1470. The summed E-state index contributed by atoms with van der Waals surface area (Å²) in [6.45, 7) is 0.117. The fraction of sp³-hybridized carbons (Fsp3) is 0.136. The molecule has 4 aromatic rings. The van der Waals surface area contributed by atoms with Crippen LogP contribution in [0.3, 0.4) is 0 Å². The van der Waals surface area contributed by atoms with Gasteiger partial charge in [-0.2, -0.15) is 18.3 Å². The van der Waals surface area contributed by atoms with E-state index in [1.165, 1.54) is 30.5 Å². The molecule has 0 aliphatic heterocycles. The summed E-state index contributed by atoms with van der Waals surface area (Å²) in [4.78, 5) is 16.0. The molecule has 0 aliphatic rings. The van der Waals surface area contributed by atoms with Crippen LogP contribution in [-0.4, -0.2) is 36.6 Å². The number of hydrogen-bond acceptors (Lipinski definition) is 6. The monoisotopic (exact) mass is 490 g/mol. The van der Waals surface area contributed by atoms with Crippen LogP contribution in [0.25, 0.3) is 11.0 Å². The Kier molecular flexibility index (Phi) is 6.00. The van der Waals surface area contributed by atoms with Crippen molar-refractivity contribution in [2.45, 2.75) is 22.5 Å². The Balaban J connectivity index is 1.50. The molecule has 34 heavy (non-hydrogen) atoms. The number of nitrogens with zero attached hydrogens (tertiary/aromatic N) is 2. The lowest BCUT2D eigenvalue weighted by Crippen LogP contribution is -2.22.